The minimum Gasteiger partial charge on any atom is -0.294 e. The molecule has 1 rings (SSSR count). The second kappa shape index (κ2) is 4.45. The van der Waals surface area contributed by atoms with Gasteiger partial charge in [0.05, 0.1) is 10.0 Å². The van der Waals surface area contributed by atoms with Crippen molar-refractivity contribution in [2.75, 3.05) is 0 Å². The summed E-state index contributed by atoms with van der Waals surface area (Å²) in [5.74, 6) is -0.000556. The Morgan fingerprint density at radius 3 is 2.54 bits per heavy atom. The van der Waals surface area contributed by atoms with Crippen molar-refractivity contribution in [3.63, 3.8) is 0 Å². The topological polar surface area (TPSA) is 17.1 Å². The summed E-state index contributed by atoms with van der Waals surface area (Å²) in [7, 11) is 0. The fourth-order valence-corrected chi connectivity index (χ4v) is 1.81. The fourth-order valence-electron chi connectivity index (χ4n) is 0.932. The van der Waals surface area contributed by atoms with Gasteiger partial charge in [0, 0.05) is 16.5 Å². The summed E-state index contributed by atoms with van der Waals surface area (Å²) in [6.45, 7) is 1.79. The summed E-state index contributed by atoms with van der Waals surface area (Å²) in [6.07, 6.45) is 0.428. The standard InChI is InChI=1S/C9H7BrCl2O/c1-2-7(13)5-3-4-6(10)9(12)8(5)11/h3-4H,2H2,1H3. The van der Waals surface area contributed by atoms with E-state index in [2.05, 4.69) is 15.9 Å². The van der Waals surface area contributed by atoms with Gasteiger partial charge in [-0.2, -0.15) is 0 Å². The smallest absolute Gasteiger partial charge is 0.164 e. The van der Waals surface area contributed by atoms with Gasteiger partial charge in [-0.1, -0.05) is 30.1 Å². The van der Waals surface area contributed by atoms with Crippen LogP contribution in [-0.4, -0.2) is 5.78 Å². The number of carbonyl (C=O) groups is 1. The second-order valence-corrected chi connectivity index (χ2v) is 4.11. The number of carbonyl (C=O) groups excluding carboxylic acids is 1. The highest BCUT2D eigenvalue weighted by molar-refractivity contribution is 9.10. The van der Waals surface area contributed by atoms with Crippen LogP contribution in [0.2, 0.25) is 10.0 Å². The molecule has 1 aromatic carbocycles. The summed E-state index contributed by atoms with van der Waals surface area (Å²) in [4.78, 5) is 11.3. The predicted molar refractivity (Wildman–Crippen MR) is 58.8 cm³/mol. The van der Waals surface area contributed by atoms with Gasteiger partial charge in [-0.05, 0) is 28.1 Å². The van der Waals surface area contributed by atoms with Crippen LogP contribution in [0.25, 0.3) is 0 Å². The van der Waals surface area contributed by atoms with E-state index >= 15 is 0 Å². The molecule has 0 aliphatic carbocycles. The molecule has 1 aromatic rings. The second-order valence-electron chi connectivity index (χ2n) is 2.50. The minimum absolute atomic E-state index is 0.000556. The van der Waals surface area contributed by atoms with Crippen LogP contribution < -0.4 is 0 Å². The number of ketones is 1. The molecule has 13 heavy (non-hydrogen) atoms. The van der Waals surface area contributed by atoms with Crippen molar-refractivity contribution < 1.29 is 4.79 Å². The van der Waals surface area contributed by atoms with Crippen LogP contribution >= 0.6 is 39.1 Å². The molecule has 0 fully saturated rings. The normalized spacial score (nSPS) is 10.2. The van der Waals surface area contributed by atoms with Crippen LogP contribution in [0.4, 0.5) is 0 Å². The molecule has 0 N–H and O–H groups in total. The largest absolute Gasteiger partial charge is 0.294 e. The Morgan fingerprint density at radius 2 is 2.00 bits per heavy atom. The molecule has 1 nitrogen and oxygen atoms in total. The highest BCUT2D eigenvalue weighted by Gasteiger charge is 2.12. The lowest BCUT2D eigenvalue weighted by molar-refractivity contribution is 0.0988. The third-order valence-electron chi connectivity index (χ3n) is 1.66. The first-order chi connectivity index (χ1) is 6.07. The zero-order valence-corrected chi connectivity index (χ0v) is 10.0. The first kappa shape index (κ1) is 11.0. The van der Waals surface area contributed by atoms with Crippen LogP contribution in [0.1, 0.15) is 23.7 Å². The first-order valence-electron chi connectivity index (χ1n) is 3.74. The number of rotatable bonds is 2. The van der Waals surface area contributed by atoms with Gasteiger partial charge in [0.15, 0.2) is 5.78 Å². The lowest BCUT2D eigenvalue weighted by Gasteiger charge is -2.04. The van der Waals surface area contributed by atoms with Crippen molar-refractivity contribution >= 4 is 44.9 Å². The Kier molecular flexibility index (Phi) is 3.77. The van der Waals surface area contributed by atoms with E-state index in [1.54, 1.807) is 19.1 Å². The Bertz CT molecular complexity index is 350. The predicted octanol–water partition coefficient (Wildman–Crippen LogP) is 4.35. The highest BCUT2D eigenvalue weighted by atomic mass is 79.9. The number of benzene rings is 1. The van der Waals surface area contributed by atoms with Gasteiger partial charge < -0.3 is 0 Å². The van der Waals surface area contributed by atoms with E-state index in [0.717, 1.165) is 0 Å². The zero-order chi connectivity index (χ0) is 10.0. The fraction of sp³-hybridized carbons (Fsp3) is 0.222. The monoisotopic (exact) mass is 280 g/mol. The summed E-state index contributed by atoms with van der Waals surface area (Å²) in [5.41, 5.74) is 0.484. The number of Topliss-reactive ketones (excluding diaryl/α,β-unsaturated/α-hetero) is 1. The molecule has 0 heterocycles. The molecule has 0 spiro atoms. The highest BCUT2D eigenvalue weighted by Crippen LogP contribution is 2.33. The molecular formula is C9H7BrCl2O. The van der Waals surface area contributed by atoms with Crippen LogP contribution in [-0.2, 0) is 0 Å². The zero-order valence-electron chi connectivity index (χ0n) is 6.90. The van der Waals surface area contributed by atoms with Crippen molar-refractivity contribution in [3.05, 3.63) is 32.2 Å². The molecule has 0 aliphatic heterocycles. The van der Waals surface area contributed by atoms with E-state index in [0.29, 0.717) is 26.5 Å². The Labute approximate surface area is 95.2 Å². The van der Waals surface area contributed by atoms with Crippen LogP contribution in [0.15, 0.2) is 16.6 Å². The Morgan fingerprint density at radius 1 is 1.38 bits per heavy atom. The van der Waals surface area contributed by atoms with Crippen molar-refractivity contribution in [2.45, 2.75) is 13.3 Å². The van der Waals surface area contributed by atoms with Crippen molar-refractivity contribution in [1.82, 2.24) is 0 Å². The average Bonchev–Trinajstić information content (AvgIpc) is 2.13. The molecule has 0 amide bonds. The van der Waals surface area contributed by atoms with Gasteiger partial charge in [-0.25, -0.2) is 0 Å². The van der Waals surface area contributed by atoms with Gasteiger partial charge in [-0.3, -0.25) is 4.79 Å². The van der Waals surface area contributed by atoms with E-state index in [1.165, 1.54) is 0 Å². The summed E-state index contributed by atoms with van der Waals surface area (Å²) < 4.78 is 0.701. The molecule has 0 unspecified atom stereocenters. The Hall–Kier alpha value is -0.0500. The number of hydrogen-bond acceptors (Lipinski definition) is 1. The molecule has 0 radical (unpaired) electrons. The summed E-state index contributed by atoms with van der Waals surface area (Å²) in [5, 5.41) is 0.712. The average molecular weight is 282 g/mol. The lowest BCUT2D eigenvalue weighted by atomic mass is 10.1. The third kappa shape index (κ3) is 2.25. The molecule has 0 aliphatic rings. The Balaban J connectivity index is 3.26. The van der Waals surface area contributed by atoms with E-state index < -0.39 is 0 Å². The van der Waals surface area contributed by atoms with Crippen molar-refractivity contribution in [1.29, 1.82) is 0 Å². The van der Waals surface area contributed by atoms with E-state index in [1.807, 2.05) is 0 Å². The van der Waals surface area contributed by atoms with Gasteiger partial charge in [0.2, 0.25) is 0 Å². The summed E-state index contributed by atoms with van der Waals surface area (Å²) in [6, 6.07) is 3.39. The molecule has 0 saturated heterocycles. The molecule has 0 atom stereocenters. The molecule has 4 heteroatoms. The number of halogens is 3. The van der Waals surface area contributed by atoms with Gasteiger partial charge >= 0.3 is 0 Å². The molecule has 0 saturated carbocycles. The third-order valence-corrected chi connectivity index (χ3v) is 3.43. The maximum Gasteiger partial charge on any atom is 0.164 e. The van der Waals surface area contributed by atoms with Crippen LogP contribution in [0.5, 0.6) is 0 Å². The van der Waals surface area contributed by atoms with Gasteiger partial charge in [0.25, 0.3) is 0 Å². The first-order valence-corrected chi connectivity index (χ1v) is 5.29. The van der Waals surface area contributed by atoms with E-state index in [4.69, 9.17) is 23.2 Å². The maximum absolute atomic E-state index is 11.3. The molecule has 0 bridgehead atoms. The maximum atomic E-state index is 11.3. The SMILES string of the molecule is CCC(=O)c1ccc(Br)c(Cl)c1Cl. The van der Waals surface area contributed by atoms with Crippen molar-refractivity contribution in [2.24, 2.45) is 0 Å². The van der Waals surface area contributed by atoms with Crippen LogP contribution in [0.3, 0.4) is 0 Å². The number of hydrogen-bond donors (Lipinski definition) is 0. The lowest BCUT2D eigenvalue weighted by Crippen LogP contribution is -1.97. The molecule has 0 aromatic heterocycles. The quantitative estimate of drug-likeness (QED) is 0.582. The van der Waals surface area contributed by atoms with Crippen molar-refractivity contribution in [3.8, 4) is 0 Å². The van der Waals surface area contributed by atoms with E-state index in [-0.39, 0.29) is 5.78 Å². The van der Waals surface area contributed by atoms with Crippen LogP contribution in [0, 0.1) is 0 Å². The minimum atomic E-state index is -0.000556. The molecular weight excluding hydrogens is 275 g/mol. The van der Waals surface area contributed by atoms with E-state index in [9.17, 15) is 4.79 Å². The van der Waals surface area contributed by atoms with Gasteiger partial charge in [0.1, 0.15) is 0 Å². The molecule has 70 valence electrons. The summed E-state index contributed by atoms with van der Waals surface area (Å²) >= 11 is 15.0. The van der Waals surface area contributed by atoms with Gasteiger partial charge in [-0.15, -0.1) is 0 Å².